The Morgan fingerprint density at radius 3 is 2.81 bits per heavy atom. The zero-order valence-electron chi connectivity index (χ0n) is 15.8. The third-order valence-corrected chi connectivity index (χ3v) is 4.88. The van der Waals surface area contributed by atoms with Crippen molar-refractivity contribution in [3.8, 4) is 11.5 Å². The van der Waals surface area contributed by atoms with E-state index in [0.717, 1.165) is 29.5 Å². The van der Waals surface area contributed by atoms with Gasteiger partial charge in [0, 0.05) is 29.0 Å². The molecular formula is C22H23BrO4. The van der Waals surface area contributed by atoms with Gasteiger partial charge >= 0.3 is 5.97 Å². The van der Waals surface area contributed by atoms with Crippen molar-refractivity contribution in [3.63, 3.8) is 0 Å². The minimum Gasteiger partial charge on any atom is -0.483 e. The van der Waals surface area contributed by atoms with Gasteiger partial charge in [0.15, 0.2) is 5.78 Å². The number of alkyl halides is 1. The number of allylic oxidation sites excluding steroid dienone is 3. The number of fused-ring (bicyclic) bond motifs is 3. The van der Waals surface area contributed by atoms with Crippen LogP contribution >= 0.6 is 15.9 Å². The number of ether oxygens (including phenoxy) is 2. The molecule has 3 rings (SSSR count). The molecule has 0 saturated heterocycles. The first-order valence-corrected chi connectivity index (χ1v) is 10.2. The normalized spacial score (nSPS) is 17.5. The summed E-state index contributed by atoms with van der Waals surface area (Å²) in [6.07, 6.45) is 11.0. The number of benzene rings is 1. The molecule has 2 aliphatic rings. The van der Waals surface area contributed by atoms with Crippen LogP contribution in [0.3, 0.4) is 0 Å². The molecule has 0 saturated carbocycles. The van der Waals surface area contributed by atoms with Crippen LogP contribution in [0, 0.1) is 0 Å². The summed E-state index contributed by atoms with van der Waals surface area (Å²) < 4.78 is 11.8. The lowest BCUT2D eigenvalue weighted by atomic mass is 9.91. The van der Waals surface area contributed by atoms with Gasteiger partial charge in [-0.05, 0) is 38.5 Å². The van der Waals surface area contributed by atoms with E-state index in [0.29, 0.717) is 28.8 Å². The fraction of sp³-hybridized carbons (Fsp3) is 0.364. The number of rotatable bonds is 5. The van der Waals surface area contributed by atoms with Crippen molar-refractivity contribution < 1.29 is 19.1 Å². The smallest absolute Gasteiger partial charge is 0.336 e. The Labute approximate surface area is 168 Å². The first-order chi connectivity index (χ1) is 12.8. The van der Waals surface area contributed by atoms with Crippen LogP contribution < -0.4 is 9.47 Å². The van der Waals surface area contributed by atoms with E-state index < -0.39 is 11.6 Å². The van der Waals surface area contributed by atoms with Crippen molar-refractivity contribution in [3.05, 3.63) is 52.6 Å². The van der Waals surface area contributed by atoms with Crippen LogP contribution in [0.15, 0.2) is 35.9 Å². The fourth-order valence-corrected chi connectivity index (χ4v) is 3.50. The Hall–Kier alpha value is -2.14. The predicted octanol–water partition coefficient (Wildman–Crippen LogP) is 5.19. The summed E-state index contributed by atoms with van der Waals surface area (Å²) in [5.41, 5.74) is 2.50. The van der Waals surface area contributed by atoms with Gasteiger partial charge in [-0.25, -0.2) is 4.79 Å². The van der Waals surface area contributed by atoms with Gasteiger partial charge in [-0.1, -0.05) is 47.0 Å². The first-order valence-electron chi connectivity index (χ1n) is 9.11. The zero-order chi connectivity index (χ0) is 19.6. The highest BCUT2D eigenvalue weighted by molar-refractivity contribution is 9.09. The summed E-state index contributed by atoms with van der Waals surface area (Å²) in [5, 5.41) is 0.574. The molecule has 1 aromatic carbocycles. The molecule has 0 aliphatic carbocycles. The van der Waals surface area contributed by atoms with Crippen molar-refractivity contribution in [1.82, 2.24) is 0 Å². The average molecular weight is 431 g/mol. The molecule has 2 aliphatic heterocycles. The second-order valence-corrected chi connectivity index (χ2v) is 7.91. The summed E-state index contributed by atoms with van der Waals surface area (Å²) in [6, 6.07) is 1.75. The maximum Gasteiger partial charge on any atom is 0.336 e. The van der Waals surface area contributed by atoms with E-state index in [1.165, 1.54) is 6.08 Å². The number of ketones is 1. The molecule has 0 fully saturated rings. The highest BCUT2D eigenvalue weighted by Crippen LogP contribution is 2.44. The predicted molar refractivity (Wildman–Crippen MR) is 110 cm³/mol. The Balaban J connectivity index is 2.20. The molecule has 2 heterocycles. The Morgan fingerprint density at radius 2 is 2.11 bits per heavy atom. The van der Waals surface area contributed by atoms with Crippen molar-refractivity contribution in [2.45, 2.75) is 45.6 Å². The molecule has 27 heavy (non-hydrogen) atoms. The summed E-state index contributed by atoms with van der Waals surface area (Å²) >= 11 is 3.28. The van der Waals surface area contributed by atoms with Crippen LogP contribution in [0.5, 0.6) is 11.5 Å². The van der Waals surface area contributed by atoms with Gasteiger partial charge in [-0.2, -0.15) is 0 Å². The van der Waals surface area contributed by atoms with Crippen LogP contribution in [0.1, 0.15) is 55.1 Å². The topological polar surface area (TPSA) is 52.6 Å². The molecule has 0 N–H and O–H groups in total. The van der Waals surface area contributed by atoms with Crippen LogP contribution in [0.25, 0.3) is 6.08 Å². The molecule has 0 atom stereocenters. The van der Waals surface area contributed by atoms with Crippen molar-refractivity contribution in [2.24, 2.45) is 0 Å². The molecular weight excluding hydrogens is 408 g/mol. The van der Waals surface area contributed by atoms with E-state index in [-0.39, 0.29) is 5.78 Å². The van der Waals surface area contributed by atoms with E-state index in [1.807, 2.05) is 26.0 Å². The molecule has 0 spiro atoms. The SMILES string of the molecule is CCCC1=CC(=O)Oc2c(C(=O)/C=C/CBr)cc3c(c2C1)OC(C)(C)C=C3. The highest BCUT2D eigenvalue weighted by atomic mass is 79.9. The molecule has 1 aromatic rings. The molecule has 0 bridgehead atoms. The van der Waals surface area contributed by atoms with E-state index in [4.69, 9.17) is 9.47 Å². The molecule has 142 valence electrons. The Kier molecular flexibility index (Phi) is 5.70. The third kappa shape index (κ3) is 4.24. The van der Waals surface area contributed by atoms with E-state index in [2.05, 4.69) is 22.9 Å². The van der Waals surface area contributed by atoms with Crippen LogP contribution in [0.4, 0.5) is 0 Å². The van der Waals surface area contributed by atoms with E-state index >= 15 is 0 Å². The second-order valence-electron chi connectivity index (χ2n) is 7.26. The Bertz CT molecular complexity index is 875. The number of carbonyl (C=O) groups is 2. The monoisotopic (exact) mass is 430 g/mol. The summed E-state index contributed by atoms with van der Waals surface area (Å²) in [6.45, 7) is 6.02. The van der Waals surface area contributed by atoms with Gasteiger partial charge in [-0.3, -0.25) is 4.79 Å². The van der Waals surface area contributed by atoms with Gasteiger partial charge in [-0.15, -0.1) is 0 Å². The van der Waals surface area contributed by atoms with Crippen molar-refractivity contribution in [2.75, 3.05) is 5.33 Å². The quantitative estimate of drug-likeness (QED) is 0.212. The summed E-state index contributed by atoms with van der Waals surface area (Å²) in [5.74, 6) is 0.367. The van der Waals surface area contributed by atoms with Crippen LogP contribution in [-0.4, -0.2) is 22.7 Å². The molecule has 0 aromatic heterocycles. The lowest BCUT2D eigenvalue weighted by Gasteiger charge is -2.30. The van der Waals surface area contributed by atoms with E-state index in [9.17, 15) is 9.59 Å². The average Bonchev–Trinajstić information content (AvgIpc) is 2.77. The molecule has 0 amide bonds. The minimum atomic E-state index is -0.465. The lowest BCUT2D eigenvalue weighted by Crippen LogP contribution is -2.28. The molecule has 0 radical (unpaired) electrons. The fourth-order valence-electron chi connectivity index (χ4n) is 3.32. The van der Waals surface area contributed by atoms with Crippen molar-refractivity contribution in [1.29, 1.82) is 0 Å². The summed E-state index contributed by atoms with van der Waals surface area (Å²) in [7, 11) is 0. The van der Waals surface area contributed by atoms with Gasteiger partial charge in [0.2, 0.25) is 0 Å². The first kappa shape index (κ1) is 19.6. The van der Waals surface area contributed by atoms with Gasteiger partial charge < -0.3 is 9.47 Å². The van der Waals surface area contributed by atoms with Gasteiger partial charge in [0.1, 0.15) is 17.1 Å². The number of esters is 1. The third-order valence-electron chi connectivity index (χ3n) is 4.51. The maximum absolute atomic E-state index is 12.7. The number of carbonyl (C=O) groups excluding carboxylic acids is 2. The van der Waals surface area contributed by atoms with Crippen LogP contribution in [0.2, 0.25) is 0 Å². The lowest BCUT2D eigenvalue weighted by molar-refractivity contribution is -0.129. The summed E-state index contributed by atoms with van der Waals surface area (Å²) in [4.78, 5) is 25.1. The van der Waals surface area contributed by atoms with E-state index in [1.54, 1.807) is 18.2 Å². The highest BCUT2D eigenvalue weighted by Gasteiger charge is 2.31. The number of hydrogen-bond acceptors (Lipinski definition) is 4. The Morgan fingerprint density at radius 1 is 1.33 bits per heavy atom. The standard InChI is InChI=1S/C22H23BrO4/c1-4-6-14-11-17-20-15(8-9-22(2,3)27-20)13-16(18(24)7-5-10-23)21(17)26-19(25)12-14/h5,7-9,12-13H,4,6,10-11H2,1-3H3/b7-5+. The van der Waals surface area contributed by atoms with Crippen molar-refractivity contribution >= 4 is 33.8 Å². The minimum absolute atomic E-state index is 0.196. The molecule has 0 unspecified atom stereocenters. The zero-order valence-corrected chi connectivity index (χ0v) is 17.4. The number of hydrogen-bond donors (Lipinski definition) is 0. The number of halogens is 1. The molecule has 4 nitrogen and oxygen atoms in total. The van der Waals surface area contributed by atoms with Gasteiger partial charge in [0.25, 0.3) is 0 Å². The maximum atomic E-state index is 12.7. The van der Waals surface area contributed by atoms with Gasteiger partial charge in [0.05, 0.1) is 5.56 Å². The second kappa shape index (κ2) is 7.85. The molecule has 5 heteroatoms. The van der Waals surface area contributed by atoms with Crippen LogP contribution in [-0.2, 0) is 11.2 Å². The largest absolute Gasteiger partial charge is 0.483 e.